The molecule has 0 atom stereocenters. The van der Waals surface area contributed by atoms with Gasteiger partial charge in [-0.15, -0.1) is 0 Å². The summed E-state index contributed by atoms with van der Waals surface area (Å²) < 4.78 is 0.759. The first-order chi connectivity index (χ1) is 9.12. The number of carbonyl (C=O) groups excluding carboxylic acids is 1. The summed E-state index contributed by atoms with van der Waals surface area (Å²) in [7, 11) is 0. The van der Waals surface area contributed by atoms with Gasteiger partial charge in [0, 0.05) is 36.2 Å². The van der Waals surface area contributed by atoms with Crippen LogP contribution in [0.5, 0.6) is 0 Å². The molecule has 102 valence electrons. The van der Waals surface area contributed by atoms with Crippen LogP contribution in [0, 0.1) is 11.3 Å². The fourth-order valence-electron chi connectivity index (χ4n) is 1.76. The lowest BCUT2D eigenvalue weighted by atomic mass is 10.2. The summed E-state index contributed by atoms with van der Waals surface area (Å²) in [6, 6.07) is 7.53. The smallest absolute Gasteiger partial charge is 0.224 e. The fraction of sp³-hybridized carbons (Fsp3) is 0.429. The highest BCUT2D eigenvalue weighted by atomic mass is 79.9. The maximum absolute atomic E-state index is 11.8. The Bertz CT molecular complexity index is 478. The maximum atomic E-state index is 11.8. The van der Waals surface area contributed by atoms with Crippen LogP contribution in [0.25, 0.3) is 0 Å². The second-order valence-electron chi connectivity index (χ2n) is 4.05. The largest absolute Gasteiger partial charge is 0.384 e. The number of nitriles is 1. The molecule has 1 rings (SSSR count). The van der Waals surface area contributed by atoms with Crippen molar-refractivity contribution in [3.05, 3.63) is 28.2 Å². The quantitative estimate of drug-likeness (QED) is 0.875. The van der Waals surface area contributed by atoms with Crippen LogP contribution in [0.1, 0.15) is 25.8 Å². The lowest BCUT2D eigenvalue weighted by Gasteiger charge is -2.18. The predicted molar refractivity (Wildman–Crippen MR) is 79.9 cm³/mol. The van der Waals surface area contributed by atoms with Gasteiger partial charge in [-0.25, -0.2) is 0 Å². The summed E-state index contributed by atoms with van der Waals surface area (Å²) in [5, 5.41) is 12.0. The molecule has 0 spiro atoms. The highest BCUT2D eigenvalue weighted by molar-refractivity contribution is 9.10. The Balaban J connectivity index is 2.48. The second-order valence-corrected chi connectivity index (χ2v) is 4.90. The minimum atomic E-state index is 0.158. The fourth-order valence-corrected chi connectivity index (χ4v) is 2.23. The zero-order valence-corrected chi connectivity index (χ0v) is 12.8. The third-order valence-electron chi connectivity index (χ3n) is 2.87. The van der Waals surface area contributed by atoms with Crippen LogP contribution in [0.15, 0.2) is 22.7 Å². The molecular weight excluding hydrogens is 306 g/mol. The van der Waals surface area contributed by atoms with Crippen LogP contribution >= 0.6 is 15.9 Å². The molecule has 0 aliphatic carbocycles. The zero-order chi connectivity index (χ0) is 14.3. The number of hydrogen-bond acceptors (Lipinski definition) is 3. The molecule has 0 heterocycles. The zero-order valence-electron chi connectivity index (χ0n) is 11.2. The van der Waals surface area contributed by atoms with Crippen molar-refractivity contribution in [1.29, 1.82) is 5.26 Å². The molecule has 1 aromatic rings. The third kappa shape index (κ3) is 4.56. The highest BCUT2D eigenvalue weighted by Crippen LogP contribution is 2.20. The van der Waals surface area contributed by atoms with E-state index < -0.39 is 0 Å². The standard InChI is InChI=1S/C14H18BrN3O/c1-3-18(4-2)14(19)7-8-17-12-6-5-11(10-16)13(15)9-12/h5-6,9,17H,3-4,7-8H2,1-2H3. The van der Waals surface area contributed by atoms with Gasteiger partial charge >= 0.3 is 0 Å². The lowest BCUT2D eigenvalue weighted by Crippen LogP contribution is -2.31. The van der Waals surface area contributed by atoms with Gasteiger partial charge in [0.2, 0.25) is 5.91 Å². The number of rotatable bonds is 6. The molecule has 1 N–H and O–H groups in total. The molecule has 0 aromatic heterocycles. The van der Waals surface area contributed by atoms with Crippen molar-refractivity contribution < 1.29 is 4.79 Å². The van der Waals surface area contributed by atoms with Crippen LogP contribution < -0.4 is 5.32 Å². The van der Waals surface area contributed by atoms with Gasteiger partial charge in [-0.1, -0.05) is 0 Å². The van der Waals surface area contributed by atoms with E-state index in [1.54, 1.807) is 6.07 Å². The van der Waals surface area contributed by atoms with E-state index in [4.69, 9.17) is 5.26 Å². The van der Waals surface area contributed by atoms with E-state index in [-0.39, 0.29) is 5.91 Å². The summed E-state index contributed by atoms with van der Waals surface area (Å²) in [5.74, 6) is 0.158. The number of nitrogens with zero attached hydrogens (tertiary/aromatic N) is 2. The maximum Gasteiger partial charge on any atom is 0.224 e. The number of nitrogens with one attached hydrogen (secondary N) is 1. The van der Waals surface area contributed by atoms with Crippen LogP contribution in [0.2, 0.25) is 0 Å². The molecule has 0 radical (unpaired) electrons. The van der Waals surface area contributed by atoms with Crippen molar-refractivity contribution in [3.63, 3.8) is 0 Å². The molecule has 4 nitrogen and oxygen atoms in total. The molecule has 1 amide bonds. The SMILES string of the molecule is CCN(CC)C(=O)CCNc1ccc(C#N)c(Br)c1. The van der Waals surface area contributed by atoms with Crippen molar-refractivity contribution in [1.82, 2.24) is 4.90 Å². The van der Waals surface area contributed by atoms with E-state index in [9.17, 15) is 4.79 Å². The number of halogens is 1. The minimum Gasteiger partial charge on any atom is -0.384 e. The monoisotopic (exact) mass is 323 g/mol. The molecule has 0 aliphatic rings. The van der Waals surface area contributed by atoms with E-state index in [0.29, 0.717) is 18.5 Å². The van der Waals surface area contributed by atoms with Gasteiger partial charge in [0.15, 0.2) is 0 Å². The number of hydrogen-bond donors (Lipinski definition) is 1. The van der Waals surface area contributed by atoms with Gasteiger partial charge in [0.25, 0.3) is 0 Å². The van der Waals surface area contributed by atoms with Gasteiger partial charge in [0.05, 0.1) is 5.56 Å². The number of anilines is 1. The Labute approximate surface area is 122 Å². The summed E-state index contributed by atoms with van der Waals surface area (Å²) >= 11 is 3.34. The van der Waals surface area contributed by atoms with Crippen molar-refractivity contribution in [2.24, 2.45) is 0 Å². The summed E-state index contributed by atoms with van der Waals surface area (Å²) in [6.45, 7) is 6.04. The van der Waals surface area contributed by atoms with Crippen molar-refractivity contribution in [2.75, 3.05) is 25.0 Å². The molecule has 19 heavy (non-hydrogen) atoms. The van der Waals surface area contributed by atoms with Gasteiger partial charge in [-0.3, -0.25) is 4.79 Å². The topological polar surface area (TPSA) is 56.1 Å². The average molecular weight is 324 g/mol. The molecule has 0 bridgehead atoms. The first-order valence-corrected chi connectivity index (χ1v) is 7.13. The lowest BCUT2D eigenvalue weighted by molar-refractivity contribution is -0.130. The number of amides is 1. The van der Waals surface area contributed by atoms with E-state index >= 15 is 0 Å². The average Bonchev–Trinajstić information content (AvgIpc) is 2.40. The second kappa shape index (κ2) is 7.80. The van der Waals surface area contributed by atoms with Gasteiger partial charge in [-0.05, 0) is 48.0 Å². The van der Waals surface area contributed by atoms with E-state index in [1.165, 1.54) is 0 Å². The molecule has 0 aliphatic heterocycles. The Kier molecular flexibility index (Phi) is 6.37. The van der Waals surface area contributed by atoms with Crippen LogP contribution in [0.4, 0.5) is 5.69 Å². The number of benzene rings is 1. The van der Waals surface area contributed by atoms with Gasteiger partial charge in [0.1, 0.15) is 6.07 Å². The Hall–Kier alpha value is -1.54. The molecule has 0 saturated heterocycles. The Morgan fingerprint density at radius 3 is 2.63 bits per heavy atom. The number of carbonyl (C=O) groups is 1. The van der Waals surface area contributed by atoms with E-state index in [1.807, 2.05) is 30.9 Å². The first kappa shape index (κ1) is 15.5. The Morgan fingerprint density at radius 1 is 1.42 bits per heavy atom. The van der Waals surface area contributed by atoms with Crippen molar-refractivity contribution in [3.8, 4) is 6.07 Å². The van der Waals surface area contributed by atoms with Gasteiger partial charge in [-0.2, -0.15) is 5.26 Å². The minimum absolute atomic E-state index is 0.158. The van der Waals surface area contributed by atoms with Gasteiger partial charge < -0.3 is 10.2 Å². The van der Waals surface area contributed by atoms with Crippen LogP contribution in [-0.2, 0) is 4.79 Å². The molecule has 0 unspecified atom stereocenters. The first-order valence-electron chi connectivity index (χ1n) is 6.33. The molecular formula is C14H18BrN3O. The van der Waals surface area contributed by atoms with Crippen LogP contribution in [-0.4, -0.2) is 30.4 Å². The normalized spacial score (nSPS) is 9.79. The summed E-state index contributed by atoms with van der Waals surface area (Å²) in [5.41, 5.74) is 1.50. The summed E-state index contributed by atoms with van der Waals surface area (Å²) in [6.07, 6.45) is 0.472. The Morgan fingerprint density at radius 2 is 2.11 bits per heavy atom. The third-order valence-corrected chi connectivity index (χ3v) is 3.53. The molecule has 5 heteroatoms. The highest BCUT2D eigenvalue weighted by Gasteiger charge is 2.08. The molecule has 0 saturated carbocycles. The van der Waals surface area contributed by atoms with E-state index in [2.05, 4.69) is 27.3 Å². The molecule has 0 fully saturated rings. The van der Waals surface area contributed by atoms with E-state index in [0.717, 1.165) is 23.2 Å². The predicted octanol–water partition coefficient (Wildman–Crippen LogP) is 2.99. The van der Waals surface area contributed by atoms with Crippen molar-refractivity contribution in [2.45, 2.75) is 20.3 Å². The summed E-state index contributed by atoms with van der Waals surface area (Å²) in [4.78, 5) is 13.6. The molecule has 1 aromatic carbocycles. The van der Waals surface area contributed by atoms with Crippen molar-refractivity contribution >= 4 is 27.5 Å². The van der Waals surface area contributed by atoms with Crippen LogP contribution in [0.3, 0.4) is 0 Å².